The predicted octanol–water partition coefficient (Wildman–Crippen LogP) is 1.75. The number of rotatable bonds is 5. The van der Waals surface area contributed by atoms with Gasteiger partial charge in [0.2, 0.25) is 0 Å². The van der Waals surface area contributed by atoms with E-state index in [0.29, 0.717) is 11.6 Å². The maximum atomic E-state index is 11.7. The van der Waals surface area contributed by atoms with Crippen molar-refractivity contribution in [2.24, 2.45) is 5.92 Å². The van der Waals surface area contributed by atoms with E-state index >= 15 is 0 Å². The van der Waals surface area contributed by atoms with Gasteiger partial charge in [0.1, 0.15) is 12.0 Å². The number of carbonyl (C=O) groups is 1. The Labute approximate surface area is 140 Å². The largest absolute Gasteiger partial charge is 0.354 e. The lowest BCUT2D eigenvalue weighted by Gasteiger charge is -2.32. The summed E-state index contributed by atoms with van der Waals surface area (Å²) in [6.45, 7) is 3.19. The summed E-state index contributed by atoms with van der Waals surface area (Å²) in [5, 5.41) is 2.60. The molecule has 1 atom stereocenters. The first kappa shape index (κ1) is 16.0. The number of thiazole rings is 1. The normalized spacial score (nSPS) is 18.7. The molecule has 3 rings (SSSR count). The maximum absolute atomic E-state index is 11.7. The molecule has 0 aromatic carbocycles. The molecular weight excluding hydrogens is 310 g/mol. The van der Waals surface area contributed by atoms with E-state index in [-0.39, 0.29) is 5.91 Å². The summed E-state index contributed by atoms with van der Waals surface area (Å²) in [4.78, 5) is 28.0. The second kappa shape index (κ2) is 7.61. The van der Waals surface area contributed by atoms with Crippen molar-refractivity contribution in [2.45, 2.75) is 25.8 Å². The predicted molar refractivity (Wildman–Crippen MR) is 89.2 cm³/mol. The summed E-state index contributed by atoms with van der Waals surface area (Å²) in [5.41, 5.74) is 3.27. The molecule has 0 radical (unpaired) electrons. The van der Waals surface area contributed by atoms with Crippen LogP contribution in [0.2, 0.25) is 0 Å². The minimum atomic E-state index is -0.163. The highest BCUT2D eigenvalue weighted by molar-refractivity contribution is 7.09. The van der Waals surface area contributed by atoms with E-state index in [1.165, 1.54) is 24.0 Å². The second-order valence-electron chi connectivity index (χ2n) is 5.89. The Morgan fingerprint density at radius 3 is 3.17 bits per heavy atom. The van der Waals surface area contributed by atoms with Crippen LogP contribution < -0.4 is 5.32 Å². The first-order valence-corrected chi connectivity index (χ1v) is 8.75. The fraction of sp³-hybridized carbons (Fsp3) is 0.500. The van der Waals surface area contributed by atoms with E-state index in [9.17, 15) is 4.79 Å². The third-order valence-electron chi connectivity index (χ3n) is 4.15. The number of amides is 1. The average Bonchev–Trinajstić information content (AvgIpc) is 3.07. The van der Waals surface area contributed by atoms with Gasteiger partial charge in [-0.25, -0.2) is 9.97 Å². The summed E-state index contributed by atoms with van der Waals surface area (Å²) < 4.78 is 0. The third kappa shape index (κ3) is 4.33. The van der Waals surface area contributed by atoms with Crippen molar-refractivity contribution in [3.05, 3.63) is 40.4 Å². The Morgan fingerprint density at radius 1 is 1.48 bits per heavy atom. The van der Waals surface area contributed by atoms with Gasteiger partial charge in [-0.3, -0.25) is 14.7 Å². The molecule has 23 heavy (non-hydrogen) atoms. The number of nitrogens with zero attached hydrogens (tertiary/aromatic N) is 4. The Bertz CT molecular complexity index is 646. The van der Waals surface area contributed by atoms with Crippen LogP contribution in [0.3, 0.4) is 0 Å². The molecule has 0 bridgehead atoms. The quantitative estimate of drug-likeness (QED) is 0.904. The van der Waals surface area contributed by atoms with Gasteiger partial charge in [-0.05, 0) is 37.8 Å². The molecule has 122 valence electrons. The lowest BCUT2D eigenvalue weighted by Crippen LogP contribution is -2.35. The number of hydrogen-bond acceptors (Lipinski definition) is 6. The summed E-state index contributed by atoms with van der Waals surface area (Å²) >= 11 is 1.71. The number of nitrogens with one attached hydrogen (secondary N) is 1. The molecule has 1 saturated heterocycles. The molecule has 2 aromatic heterocycles. The third-order valence-corrected chi connectivity index (χ3v) is 4.91. The minimum absolute atomic E-state index is 0.163. The molecule has 1 fully saturated rings. The summed E-state index contributed by atoms with van der Waals surface area (Å²) in [7, 11) is 1.61. The number of carbonyl (C=O) groups excluding carboxylic acids is 1. The van der Waals surface area contributed by atoms with Gasteiger partial charge < -0.3 is 5.32 Å². The van der Waals surface area contributed by atoms with E-state index in [1.54, 1.807) is 24.5 Å². The van der Waals surface area contributed by atoms with Crippen LogP contribution in [0.25, 0.3) is 0 Å². The van der Waals surface area contributed by atoms with Crippen LogP contribution in [-0.2, 0) is 13.0 Å². The second-order valence-corrected chi connectivity index (χ2v) is 6.86. The van der Waals surface area contributed by atoms with Crippen LogP contribution in [0, 0.1) is 5.92 Å². The molecule has 0 unspecified atom stereocenters. The number of likely N-dealkylation sites (tertiary alicyclic amines) is 1. The van der Waals surface area contributed by atoms with Crippen molar-refractivity contribution in [2.75, 3.05) is 20.1 Å². The first-order chi connectivity index (χ1) is 11.2. The molecule has 1 N–H and O–H groups in total. The van der Waals surface area contributed by atoms with Gasteiger partial charge in [-0.2, -0.15) is 0 Å². The van der Waals surface area contributed by atoms with E-state index in [0.717, 1.165) is 31.7 Å². The van der Waals surface area contributed by atoms with Crippen LogP contribution in [-0.4, -0.2) is 45.9 Å². The minimum Gasteiger partial charge on any atom is -0.354 e. The van der Waals surface area contributed by atoms with Crippen molar-refractivity contribution in [3.63, 3.8) is 0 Å². The smallest absolute Gasteiger partial charge is 0.269 e. The zero-order chi connectivity index (χ0) is 16.1. The number of hydrogen-bond donors (Lipinski definition) is 1. The Hall–Kier alpha value is -1.86. The highest BCUT2D eigenvalue weighted by Crippen LogP contribution is 2.22. The molecule has 1 aliphatic heterocycles. The van der Waals surface area contributed by atoms with Crippen molar-refractivity contribution < 1.29 is 4.79 Å². The zero-order valence-corrected chi connectivity index (χ0v) is 14.1. The van der Waals surface area contributed by atoms with Crippen LogP contribution in [0.15, 0.2) is 24.1 Å². The molecule has 0 spiro atoms. The monoisotopic (exact) mass is 331 g/mol. The summed E-state index contributed by atoms with van der Waals surface area (Å²) in [6.07, 6.45) is 6.74. The van der Waals surface area contributed by atoms with Gasteiger partial charge in [0.05, 0.1) is 5.51 Å². The van der Waals surface area contributed by atoms with Crippen LogP contribution in [0.4, 0.5) is 0 Å². The van der Waals surface area contributed by atoms with E-state index in [1.807, 2.05) is 11.7 Å². The lowest BCUT2D eigenvalue weighted by molar-refractivity contribution is 0.0957. The molecule has 3 heterocycles. The standard InChI is InChI=1S/C16H21N5OS/c1-17-16(22)15-6-13(19-10-20-15)5-12-3-2-4-21(8-12)9-14-7-18-11-23-14/h6-7,10-12H,2-5,8-9H2,1H3,(H,17,22)/t12-/m1/s1. The van der Waals surface area contributed by atoms with Crippen LogP contribution in [0.5, 0.6) is 0 Å². The number of aromatic nitrogens is 3. The molecule has 7 heteroatoms. The average molecular weight is 331 g/mol. The zero-order valence-electron chi connectivity index (χ0n) is 13.2. The molecule has 0 saturated carbocycles. The van der Waals surface area contributed by atoms with Crippen molar-refractivity contribution in [1.82, 2.24) is 25.2 Å². The SMILES string of the molecule is CNC(=O)c1cc(C[C@H]2CCCN(Cc3cncs3)C2)ncn1. The van der Waals surface area contributed by atoms with Gasteiger partial charge in [-0.15, -0.1) is 11.3 Å². The van der Waals surface area contributed by atoms with Crippen molar-refractivity contribution in [3.8, 4) is 0 Å². The van der Waals surface area contributed by atoms with E-state index < -0.39 is 0 Å². The Kier molecular flexibility index (Phi) is 5.30. The van der Waals surface area contributed by atoms with Gasteiger partial charge in [-0.1, -0.05) is 0 Å². The molecule has 1 amide bonds. The molecule has 6 nitrogen and oxygen atoms in total. The fourth-order valence-corrected chi connectivity index (χ4v) is 3.70. The summed E-state index contributed by atoms with van der Waals surface area (Å²) in [5.74, 6) is 0.410. The van der Waals surface area contributed by atoms with Gasteiger partial charge in [0.25, 0.3) is 5.91 Å². The molecule has 2 aromatic rings. The topological polar surface area (TPSA) is 71.0 Å². The van der Waals surface area contributed by atoms with Gasteiger partial charge >= 0.3 is 0 Å². The Balaban J connectivity index is 1.60. The lowest BCUT2D eigenvalue weighted by atomic mass is 9.93. The van der Waals surface area contributed by atoms with Crippen molar-refractivity contribution in [1.29, 1.82) is 0 Å². The Morgan fingerprint density at radius 2 is 2.39 bits per heavy atom. The van der Waals surface area contributed by atoms with Gasteiger partial charge in [0.15, 0.2) is 0 Å². The van der Waals surface area contributed by atoms with E-state index in [4.69, 9.17) is 0 Å². The van der Waals surface area contributed by atoms with Crippen LogP contribution >= 0.6 is 11.3 Å². The first-order valence-electron chi connectivity index (χ1n) is 7.87. The van der Waals surface area contributed by atoms with Gasteiger partial charge in [0, 0.05) is 36.9 Å². The van der Waals surface area contributed by atoms with Crippen molar-refractivity contribution >= 4 is 17.2 Å². The number of piperidine rings is 1. The molecular formula is C16H21N5OS. The molecule has 0 aliphatic carbocycles. The maximum Gasteiger partial charge on any atom is 0.269 e. The fourth-order valence-electron chi connectivity index (χ4n) is 3.06. The highest BCUT2D eigenvalue weighted by Gasteiger charge is 2.21. The highest BCUT2D eigenvalue weighted by atomic mass is 32.1. The van der Waals surface area contributed by atoms with Crippen LogP contribution in [0.1, 0.15) is 33.9 Å². The molecule has 1 aliphatic rings. The summed E-state index contributed by atoms with van der Waals surface area (Å²) in [6, 6.07) is 1.81. The van der Waals surface area contributed by atoms with E-state index in [2.05, 4.69) is 25.2 Å².